The summed E-state index contributed by atoms with van der Waals surface area (Å²) < 4.78 is 13.1. The number of benzene rings is 1. The molecule has 0 radical (unpaired) electrons. The molecule has 0 aliphatic heterocycles. The molecule has 0 heterocycles. The fraction of sp³-hybridized carbons (Fsp3) is 0.455. The Labute approximate surface area is 83.0 Å². The molecule has 0 bridgehead atoms. The number of aliphatic hydroxyl groups is 1. The van der Waals surface area contributed by atoms with Gasteiger partial charge in [-0.1, -0.05) is 0 Å². The second-order valence-electron chi connectivity index (χ2n) is 3.82. The van der Waals surface area contributed by atoms with Gasteiger partial charge in [-0.3, -0.25) is 0 Å². The summed E-state index contributed by atoms with van der Waals surface area (Å²) in [6.45, 7) is -0.108. The molecule has 76 valence electrons. The van der Waals surface area contributed by atoms with E-state index in [-0.39, 0.29) is 12.4 Å². The van der Waals surface area contributed by atoms with Crippen LogP contribution < -0.4 is 4.90 Å². The molecule has 0 saturated heterocycles. The maximum atomic E-state index is 13.1. The van der Waals surface area contributed by atoms with Crippen molar-refractivity contribution in [3.05, 3.63) is 29.6 Å². The Morgan fingerprint density at radius 1 is 1.43 bits per heavy atom. The summed E-state index contributed by atoms with van der Waals surface area (Å²) in [7, 11) is 1.97. The molecule has 0 aromatic heterocycles. The van der Waals surface area contributed by atoms with Gasteiger partial charge in [0.2, 0.25) is 0 Å². The van der Waals surface area contributed by atoms with E-state index in [2.05, 4.69) is 4.90 Å². The summed E-state index contributed by atoms with van der Waals surface area (Å²) in [6.07, 6.45) is 2.36. The molecule has 1 saturated carbocycles. The van der Waals surface area contributed by atoms with Gasteiger partial charge in [-0.15, -0.1) is 0 Å². The van der Waals surface area contributed by atoms with E-state index < -0.39 is 0 Å². The Balaban J connectivity index is 2.27. The van der Waals surface area contributed by atoms with Crippen molar-refractivity contribution < 1.29 is 9.50 Å². The lowest BCUT2D eigenvalue weighted by molar-refractivity contribution is 0.281. The van der Waals surface area contributed by atoms with Gasteiger partial charge in [0.1, 0.15) is 5.82 Å². The molecule has 1 fully saturated rings. The average Bonchev–Trinajstić information content (AvgIpc) is 2.99. The predicted octanol–water partition coefficient (Wildman–Crippen LogP) is 1.92. The van der Waals surface area contributed by atoms with E-state index in [1.807, 2.05) is 13.1 Å². The normalized spacial score (nSPS) is 15.6. The molecule has 0 atom stereocenters. The Kier molecular flexibility index (Phi) is 2.42. The van der Waals surface area contributed by atoms with Crippen LogP contribution in [0, 0.1) is 5.82 Å². The zero-order valence-corrected chi connectivity index (χ0v) is 8.20. The maximum Gasteiger partial charge on any atom is 0.125 e. The van der Waals surface area contributed by atoms with Crippen LogP contribution in [-0.4, -0.2) is 18.2 Å². The molecule has 1 aromatic rings. The lowest BCUT2D eigenvalue weighted by atomic mass is 10.2. The number of aliphatic hydroxyl groups excluding tert-OH is 1. The zero-order chi connectivity index (χ0) is 10.1. The Morgan fingerprint density at radius 2 is 2.14 bits per heavy atom. The molecule has 1 aromatic carbocycles. The highest BCUT2D eigenvalue weighted by Crippen LogP contribution is 2.30. The molecule has 2 nitrogen and oxygen atoms in total. The minimum absolute atomic E-state index is 0.108. The summed E-state index contributed by atoms with van der Waals surface area (Å²) in [5, 5.41) is 8.94. The number of halogens is 1. The van der Waals surface area contributed by atoms with Crippen LogP contribution in [0.25, 0.3) is 0 Å². The fourth-order valence-corrected chi connectivity index (χ4v) is 1.60. The maximum absolute atomic E-state index is 13.1. The summed E-state index contributed by atoms with van der Waals surface area (Å²) in [6, 6.07) is 5.27. The van der Waals surface area contributed by atoms with Crippen LogP contribution in [0.3, 0.4) is 0 Å². The van der Waals surface area contributed by atoms with Crippen LogP contribution in [0.4, 0.5) is 10.1 Å². The first kappa shape index (κ1) is 9.46. The minimum atomic E-state index is -0.279. The van der Waals surface area contributed by atoms with Gasteiger partial charge in [0.15, 0.2) is 0 Å². The molecule has 3 heteroatoms. The fourth-order valence-electron chi connectivity index (χ4n) is 1.60. The highest BCUT2D eigenvalue weighted by atomic mass is 19.1. The van der Waals surface area contributed by atoms with E-state index in [1.54, 1.807) is 0 Å². The van der Waals surface area contributed by atoms with Gasteiger partial charge in [0.25, 0.3) is 0 Å². The Hall–Kier alpha value is -1.09. The van der Waals surface area contributed by atoms with Crippen molar-refractivity contribution in [2.45, 2.75) is 25.5 Å². The number of hydrogen-bond acceptors (Lipinski definition) is 2. The molecule has 14 heavy (non-hydrogen) atoms. The lowest BCUT2D eigenvalue weighted by Crippen LogP contribution is -2.19. The first-order chi connectivity index (χ1) is 6.70. The standard InChI is InChI=1S/C11H14FNO/c1-13(10-2-3-10)11-5-8(7-14)4-9(12)6-11/h4-6,10,14H,2-3,7H2,1H3. The Bertz CT molecular complexity index is 336. The van der Waals surface area contributed by atoms with E-state index >= 15 is 0 Å². The molecule has 1 N–H and O–H groups in total. The number of hydrogen-bond donors (Lipinski definition) is 1. The van der Waals surface area contributed by atoms with Crippen LogP contribution in [0.2, 0.25) is 0 Å². The van der Waals surface area contributed by atoms with Gasteiger partial charge in [0, 0.05) is 18.8 Å². The highest BCUT2D eigenvalue weighted by molar-refractivity contribution is 5.50. The van der Waals surface area contributed by atoms with Gasteiger partial charge in [-0.25, -0.2) is 4.39 Å². The topological polar surface area (TPSA) is 23.5 Å². The molecule has 1 aliphatic carbocycles. The van der Waals surface area contributed by atoms with Crippen LogP contribution in [-0.2, 0) is 6.61 Å². The molecule has 1 aliphatic rings. The van der Waals surface area contributed by atoms with Crippen molar-refractivity contribution in [2.75, 3.05) is 11.9 Å². The molecule has 0 amide bonds. The highest BCUT2D eigenvalue weighted by Gasteiger charge is 2.26. The van der Waals surface area contributed by atoms with E-state index in [1.165, 1.54) is 25.0 Å². The van der Waals surface area contributed by atoms with E-state index in [9.17, 15) is 4.39 Å². The number of anilines is 1. The van der Waals surface area contributed by atoms with Crippen LogP contribution in [0.1, 0.15) is 18.4 Å². The van der Waals surface area contributed by atoms with Crippen molar-refractivity contribution in [2.24, 2.45) is 0 Å². The van der Waals surface area contributed by atoms with E-state index in [0.29, 0.717) is 11.6 Å². The number of nitrogens with zero attached hydrogens (tertiary/aromatic N) is 1. The summed E-state index contributed by atoms with van der Waals surface area (Å²) >= 11 is 0. The van der Waals surface area contributed by atoms with Gasteiger partial charge in [0.05, 0.1) is 6.61 Å². The predicted molar refractivity (Wildman–Crippen MR) is 53.7 cm³/mol. The molecule has 0 unspecified atom stereocenters. The van der Waals surface area contributed by atoms with Gasteiger partial charge >= 0.3 is 0 Å². The van der Waals surface area contributed by atoms with Crippen LogP contribution >= 0.6 is 0 Å². The van der Waals surface area contributed by atoms with Gasteiger partial charge < -0.3 is 10.0 Å². The lowest BCUT2D eigenvalue weighted by Gasteiger charge is -2.19. The SMILES string of the molecule is CN(c1cc(F)cc(CO)c1)C1CC1. The van der Waals surface area contributed by atoms with Crippen molar-refractivity contribution in [3.8, 4) is 0 Å². The third-order valence-electron chi connectivity index (χ3n) is 2.63. The van der Waals surface area contributed by atoms with Crippen molar-refractivity contribution in [1.29, 1.82) is 0 Å². The summed E-state index contributed by atoms with van der Waals surface area (Å²) in [5.74, 6) is -0.279. The first-order valence-corrected chi connectivity index (χ1v) is 4.84. The zero-order valence-electron chi connectivity index (χ0n) is 8.20. The monoisotopic (exact) mass is 195 g/mol. The summed E-state index contributed by atoms with van der Waals surface area (Å²) in [5.41, 5.74) is 1.49. The van der Waals surface area contributed by atoms with Crippen molar-refractivity contribution >= 4 is 5.69 Å². The van der Waals surface area contributed by atoms with E-state index in [4.69, 9.17) is 5.11 Å². The largest absolute Gasteiger partial charge is 0.392 e. The Morgan fingerprint density at radius 3 is 2.71 bits per heavy atom. The quantitative estimate of drug-likeness (QED) is 0.796. The van der Waals surface area contributed by atoms with Crippen LogP contribution in [0.5, 0.6) is 0 Å². The van der Waals surface area contributed by atoms with Crippen LogP contribution in [0.15, 0.2) is 18.2 Å². The minimum Gasteiger partial charge on any atom is -0.392 e. The molecule has 0 spiro atoms. The molecular formula is C11H14FNO. The second-order valence-corrected chi connectivity index (χ2v) is 3.82. The summed E-state index contributed by atoms with van der Waals surface area (Å²) in [4.78, 5) is 2.07. The second kappa shape index (κ2) is 3.58. The van der Waals surface area contributed by atoms with E-state index in [0.717, 1.165) is 5.69 Å². The first-order valence-electron chi connectivity index (χ1n) is 4.84. The molecular weight excluding hydrogens is 181 g/mol. The average molecular weight is 195 g/mol. The molecule has 2 rings (SSSR count). The smallest absolute Gasteiger partial charge is 0.125 e. The van der Waals surface area contributed by atoms with Crippen molar-refractivity contribution in [1.82, 2.24) is 0 Å². The third-order valence-corrected chi connectivity index (χ3v) is 2.63. The van der Waals surface area contributed by atoms with Crippen molar-refractivity contribution in [3.63, 3.8) is 0 Å². The third kappa shape index (κ3) is 1.87. The van der Waals surface area contributed by atoms with Gasteiger partial charge in [-0.2, -0.15) is 0 Å². The van der Waals surface area contributed by atoms with Gasteiger partial charge in [-0.05, 0) is 36.6 Å². The number of rotatable bonds is 3.